The Morgan fingerprint density at radius 1 is 1.18 bits per heavy atom. The highest BCUT2D eigenvalue weighted by molar-refractivity contribution is 7.80. The second-order valence-electron chi connectivity index (χ2n) is 5.31. The van der Waals surface area contributed by atoms with E-state index in [1.807, 2.05) is 6.92 Å². The molecule has 0 aliphatic carbocycles. The number of halogens is 2. The summed E-state index contributed by atoms with van der Waals surface area (Å²) < 4.78 is 13.1. The van der Waals surface area contributed by atoms with Gasteiger partial charge in [-0.25, -0.2) is 4.39 Å². The van der Waals surface area contributed by atoms with E-state index in [9.17, 15) is 4.39 Å². The number of anilines is 1. The van der Waals surface area contributed by atoms with Crippen LogP contribution in [-0.2, 0) is 0 Å². The number of aryl methyl sites for hydroxylation is 2. The molecule has 5 heteroatoms. The average molecular weight is 337 g/mol. The molecule has 0 fully saturated rings. The monoisotopic (exact) mass is 336 g/mol. The first-order valence-corrected chi connectivity index (χ1v) is 7.75. The van der Waals surface area contributed by atoms with E-state index >= 15 is 0 Å². The van der Waals surface area contributed by atoms with Crippen LogP contribution in [0.4, 0.5) is 10.1 Å². The molecule has 2 nitrogen and oxygen atoms in total. The Morgan fingerprint density at radius 3 is 2.55 bits per heavy atom. The van der Waals surface area contributed by atoms with Gasteiger partial charge < -0.3 is 10.6 Å². The van der Waals surface area contributed by atoms with Crippen molar-refractivity contribution >= 4 is 34.6 Å². The summed E-state index contributed by atoms with van der Waals surface area (Å²) in [6.07, 6.45) is 0. The van der Waals surface area contributed by atoms with E-state index in [4.69, 9.17) is 23.8 Å². The molecule has 0 bridgehead atoms. The lowest BCUT2D eigenvalue weighted by Crippen LogP contribution is -2.31. The lowest BCUT2D eigenvalue weighted by molar-refractivity contribution is 0.628. The Morgan fingerprint density at radius 2 is 1.91 bits per heavy atom. The van der Waals surface area contributed by atoms with Crippen LogP contribution in [-0.4, -0.2) is 5.11 Å². The first-order chi connectivity index (χ1) is 10.4. The van der Waals surface area contributed by atoms with E-state index in [1.165, 1.54) is 28.8 Å². The predicted molar refractivity (Wildman–Crippen MR) is 95.1 cm³/mol. The molecule has 0 saturated carbocycles. The molecule has 0 aliphatic heterocycles. The molecular formula is C17H18ClFN2S. The summed E-state index contributed by atoms with van der Waals surface area (Å²) in [6.45, 7) is 6.19. The molecule has 2 aromatic rings. The molecule has 2 N–H and O–H groups in total. The smallest absolute Gasteiger partial charge is 0.171 e. The van der Waals surface area contributed by atoms with Crippen LogP contribution < -0.4 is 10.6 Å². The zero-order chi connectivity index (χ0) is 16.3. The third kappa shape index (κ3) is 4.18. The maximum Gasteiger partial charge on any atom is 0.171 e. The van der Waals surface area contributed by atoms with Crippen molar-refractivity contribution in [1.29, 1.82) is 0 Å². The molecule has 22 heavy (non-hydrogen) atoms. The molecular weight excluding hydrogens is 319 g/mol. The van der Waals surface area contributed by atoms with Gasteiger partial charge in [0.05, 0.1) is 11.1 Å². The van der Waals surface area contributed by atoms with E-state index < -0.39 is 5.82 Å². The molecule has 0 aliphatic rings. The highest BCUT2D eigenvalue weighted by Gasteiger charge is 2.10. The standard InChI is InChI=1S/C17H18ClFN2S/c1-10-4-6-14(11(2)8-10)12(3)20-17(22)21-13-5-7-16(19)15(18)9-13/h4-9,12H,1-3H3,(H2,20,21,22). The zero-order valence-electron chi connectivity index (χ0n) is 12.7. The quantitative estimate of drug-likeness (QED) is 0.758. The van der Waals surface area contributed by atoms with E-state index in [0.29, 0.717) is 10.8 Å². The van der Waals surface area contributed by atoms with Crippen LogP contribution in [0.25, 0.3) is 0 Å². The van der Waals surface area contributed by atoms with E-state index in [-0.39, 0.29) is 11.1 Å². The molecule has 0 aromatic heterocycles. The second kappa shape index (κ2) is 7.07. The minimum absolute atomic E-state index is 0.0650. The maximum atomic E-state index is 13.1. The lowest BCUT2D eigenvalue weighted by Gasteiger charge is -2.19. The summed E-state index contributed by atoms with van der Waals surface area (Å²) in [6, 6.07) is 10.8. The fraction of sp³-hybridized carbons (Fsp3) is 0.235. The van der Waals surface area contributed by atoms with Gasteiger partial charge in [-0.3, -0.25) is 0 Å². The predicted octanol–water partition coefficient (Wildman–Crippen LogP) is 5.14. The number of hydrogen-bond acceptors (Lipinski definition) is 1. The van der Waals surface area contributed by atoms with Crippen LogP contribution in [0.5, 0.6) is 0 Å². The zero-order valence-corrected chi connectivity index (χ0v) is 14.3. The van der Waals surface area contributed by atoms with Crippen molar-refractivity contribution in [2.75, 3.05) is 5.32 Å². The largest absolute Gasteiger partial charge is 0.356 e. The number of rotatable bonds is 3. The van der Waals surface area contributed by atoms with Gasteiger partial charge in [-0.2, -0.15) is 0 Å². The SMILES string of the molecule is Cc1ccc(C(C)NC(=S)Nc2ccc(F)c(Cl)c2)c(C)c1. The number of benzene rings is 2. The van der Waals surface area contributed by atoms with Gasteiger partial charge in [0.2, 0.25) is 0 Å². The molecule has 0 saturated heterocycles. The highest BCUT2D eigenvalue weighted by atomic mass is 35.5. The molecule has 0 amide bonds. The van der Waals surface area contributed by atoms with Gasteiger partial charge in [0.15, 0.2) is 5.11 Å². The second-order valence-corrected chi connectivity index (χ2v) is 6.12. The topological polar surface area (TPSA) is 24.1 Å². The van der Waals surface area contributed by atoms with Crippen LogP contribution in [0, 0.1) is 19.7 Å². The summed E-state index contributed by atoms with van der Waals surface area (Å²) in [7, 11) is 0. The Labute approximate surface area is 140 Å². The van der Waals surface area contributed by atoms with Crippen molar-refractivity contribution < 1.29 is 4.39 Å². The summed E-state index contributed by atoms with van der Waals surface area (Å²) >= 11 is 11.1. The Hall–Kier alpha value is -1.65. The van der Waals surface area contributed by atoms with E-state index in [0.717, 1.165) is 0 Å². The molecule has 1 unspecified atom stereocenters. The molecule has 2 rings (SSSR count). The number of hydrogen-bond donors (Lipinski definition) is 2. The molecule has 2 aromatic carbocycles. The molecule has 0 heterocycles. The van der Waals surface area contributed by atoms with Crippen molar-refractivity contribution in [3.05, 3.63) is 63.9 Å². The fourth-order valence-electron chi connectivity index (χ4n) is 2.33. The highest BCUT2D eigenvalue weighted by Crippen LogP contribution is 2.21. The van der Waals surface area contributed by atoms with Crippen molar-refractivity contribution in [2.24, 2.45) is 0 Å². The third-order valence-electron chi connectivity index (χ3n) is 3.42. The van der Waals surface area contributed by atoms with Gasteiger partial charge in [-0.05, 0) is 62.3 Å². The average Bonchev–Trinajstić information content (AvgIpc) is 2.42. The van der Waals surface area contributed by atoms with Crippen LogP contribution in [0.2, 0.25) is 5.02 Å². The molecule has 0 spiro atoms. The Kier molecular flexibility index (Phi) is 5.37. The molecule has 1 atom stereocenters. The lowest BCUT2D eigenvalue weighted by atomic mass is 10.0. The van der Waals surface area contributed by atoms with Crippen LogP contribution in [0.15, 0.2) is 36.4 Å². The minimum Gasteiger partial charge on any atom is -0.356 e. The summed E-state index contributed by atoms with van der Waals surface area (Å²) in [5.41, 5.74) is 4.28. The first kappa shape index (κ1) is 16.7. The molecule has 116 valence electrons. The summed E-state index contributed by atoms with van der Waals surface area (Å²) in [4.78, 5) is 0. The number of thiocarbonyl (C=S) groups is 1. The van der Waals surface area contributed by atoms with Gasteiger partial charge >= 0.3 is 0 Å². The van der Waals surface area contributed by atoms with Gasteiger partial charge in [0.25, 0.3) is 0 Å². The number of nitrogens with one attached hydrogen (secondary N) is 2. The van der Waals surface area contributed by atoms with Crippen molar-refractivity contribution in [3.63, 3.8) is 0 Å². The van der Waals surface area contributed by atoms with E-state index in [1.54, 1.807) is 6.07 Å². The Bertz CT molecular complexity index is 703. The Balaban J connectivity index is 2.03. The van der Waals surface area contributed by atoms with Crippen LogP contribution in [0.1, 0.15) is 29.7 Å². The summed E-state index contributed by atoms with van der Waals surface area (Å²) in [5.74, 6) is -0.449. The van der Waals surface area contributed by atoms with Crippen LogP contribution in [0.3, 0.4) is 0 Å². The van der Waals surface area contributed by atoms with Gasteiger partial charge in [0.1, 0.15) is 5.82 Å². The van der Waals surface area contributed by atoms with Gasteiger partial charge in [-0.15, -0.1) is 0 Å². The van der Waals surface area contributed by atoms with Crippen molar-refractivity contribution in [1.82, 2.24) is 5.32 Å². The minimum atomic E-state index is -0.449. The third-order valence-corrected chi connectivity index (χ3v) is 3.93. The van der Waals surface area contributed by atoms with Crippen molar-refractivity contribution in [2.45, 2.75) is 26.8 Å². The first-order valence-electron chi connectivity index (χ1n) is 6.96. The normalized spacial score (nSPS) is 11.9. The van der Waals surface area contributed by atoms with Gasteiger partial charge in [-0.1, -0.05) is 35.4 Å². The molecule has 0 radical (unpaired) electrons. The van der Waals surface area contributed by atoms with Gasteiger partial charge in [0, 0.05) is 5.69 Å². The van der Waals surface area contributed by atoms with Crippen molar-refractivity contribution in [3.8, 4) is 0 Å². The van der Waals surface area contributed by atoms with E-state index in [2.05, 4.69) is 42.7 Å². The summed E-state index contributed by atoms with van der Waals surface area (Å²) in [5, 5.41) is 6.77. The fourth-order valence-corrected chi connectivity index (χ4v) is 2.80. The van der Waals surface area contributed by atoms with Crippen LogP contribution >= 0.6 is 23.8 Å². The maximum absolute atomic E-state index is 13.1.